The minimum Gasteiger partial charge on any atom is -0.389 e. The van der Waals surface area contributed by atoms with Crippen molar-refractivity contribution in [2.24, 2.45) is 0 Å². The standard InChI is InChI=1S/C20H23F2NO2/c21-17-7-3-15(4-8-17)20(16-5-9-18(22)10-6-16)25-14-19(24)13-23-11-1-2-12-23/h3-10,19-20,24H,1-2,11-14H2/t19-/m1/s1. The van der Waals surface area contributed by atoms with Crippen LogP contribution in [0.3, 0.4) is 0 Å². The number of aliphatic hydroxyl groups excluding tert-OH is 1. The fourth-order valence-electron chi connectivity index (χ4n) is 3.18. The van der Waals surface area contributed by atoms with E-state index in [-0.39, 0.29) is 18.2 Å². The van der Waals surface area contributed by atoms with Gasteiger partial charge >= 0.3 is 0 Å². The molecule has 1 N–H and O–H groups in total. The maximum absolute atomic E-state index is 13.2. The quantitative estimate of drug-likeness (QED) is 0.832. The summed E-state index contributed by atoms with van der Waals surface area (Å²) in [6.45, 7) is 2.77. The number of aliphatic hydroxyl groups is 1. The Morgan fingerprint density at radius 3 is 1.84 bits per heavy atom. The summed E-state index contributed by atoms with van der Waals surface area (Å²) in [5, 5.41) is 10.3. The Hall–Kier alpha value is -1.82. The summed E-state index contributed by atoms with van der Waals surface area (Å²) in [7, 11) is 0. The van der Waals surface area contributed by atoms with Crippen LogP contribution in [0.25, 0.3) is 0 Å². The lowest BCUT2D eigenvalue weighted by atomic mass is 10.0. The Bertz CT molecular complexity index is 609. The maximum atomic E-state index is 13.2. The number of ether oxygens (including phenoxy) is 1. The third-order valence-corrected chi connectivity index (χ3v) is 4.47. The van der Waals surface area contributed by atoms with Crippen LogP contribution in [-0.2, 0) is 4.74 Å². The first-order valence-corrected chi connectivity index (χ1v) is 8.65. The average molecular weight is 347 g/mol. The van der Waals surface area contributed by atoms with E-state index in [1.165, 1.54) is 37.1 Å². The molecule has 1 atom stereocenters. The van der Waals surface area contributed by atoms with Crippen LogP contribution in [0, 0.1) is 11.6 Å². The maximum Gasteiger partial charge on any atom is 0.123 e. The first kappa shape index (κ1) is 18.0. The summed E-state index contributed by atoms with van der Waals surface area (Å²) >= 11 is 0. The van der Waals surface area contributed by atoms with Gasteiger partial charge in [0.25, 0.3) is 0 Å². The second-order valence-corrected chi connectivity index (χ2v) is 6.48. The van der Waals surface area contributed by atoms with Gasteiger partial charge in [0.05, 0.1) is 12.7 Å². The van der Waals surface area contributed by atoms with Crippen LogP contribution in [0.15, 0.2) is 48.5 Å². The minimum absolute atomic E-state index is 0.163. The number of hydrogen-bond acceptors (Lipinski definition) is 3. The molecule has 1 saturated heterocycles. The number of hydrogen-bond donors (Lipinski definition) is 1. The lowest BCUT2D eigenvalue weighted by Gasteiger charge is -2.23. The summed E-state index contributed by atoms with van der Waals surface area (Å²) in [5.41, 5.74) is 1.53. The molecule has 1 fully saturated rings. The molecular weight excluding hydrogens is 324 g/mol. The normalized spacial score (nSPS) is 16.5. The van der Waals surface area contributed by atoms with Crippen LogP contribution >= 0.6 is 0 Å². The zero-order valence-electron chi connectivity index (χ0n) is 14.1. The number of β-amino-alcohol motifs (C(OH)–C–C–N with tert-alkyl or cyclic N) is 1. The molecular formula is C20H23F2NO2. The lowest BCUT2D eigenvalue weighted by molar-refractivity contribution is -0.00575. The molecule has 0 bridgehead atoms. The van der Waals surface area contributed by atoms with Crippen molar-refractivity contribution >= 4 is 0 Å². The van der Waals surface area contributed by atoms with Crippen LogP contribution < -0.4 is 0 Å². The second kappa shape index (κ2) is 8.52. The van der Waals surface area contributed by atoms with Crippen molar-refractivity contribution in [1.82, 2.24) is 4.90 Å². The molecule has 0 aromatic heterocycles. The van der Waals surface area contributed by atoms with Crippen LogP contribution in [0.4, 0.5) is 8.78 Å². The first-order chi connectivity index (χ1) is 12.1. The monoisotopic (exact) mass is 347 g/mol. The van der Waals surface area contributed by atoms with E-state index in [0.717, 1.165) is 24.2 Å². The molecule has 0 amide bonds. The summed E-state index contributed by atoms with van der Waals surface area (Å²) in [5.74, 6) is -0.647. The van der Waals surface area contributed by atoms with E-state index in [1.54, 1.807) is 24.3 Å². The Balaban J connectivity index is 1.69. The molecule has 2 aromatic carbocycles. The smallest absolute Gasteiger partial charge is 0.123 e. The van der Waals surface area contributed by atoms with Gasteiger partial charge in [-0.1, -0.05) is 24.3 Å². The fourth-order valence-corrected chi connectivity index (χ4v) is 3.18. The predicted molar refractivity (Wildman–Crippen MR) is 92.3 cm³/mol. The first-order valence-electron chi connectivity index (χ1n) is 8.65. The molecule has 0 spiro atoms. The lowest BCUT2D eigenvalue weighted by Crippen LogP contribution is -2.33. The molecule has 2 aromatic rings. The van der Waals surface area contributed by atoms with Gasteiger partial charge in [-0.3, -0.25) is 0 Å². The predicted octanol–water partition coefficient (Wildman–Crippen LogP) is 3.53. The average Bonchev–Trinajstić information content (AvgIpc) is 3.11. The van der Waals surface area contributed by atoms with Crippen LogP contribution in [0.1, 0.15) is 30.1 Å². The van der Waals surface area contributed by atoms with E-state index in [2.05, 4.69) is 4.90 Å². The zero-order valence-corrected chi connectivity index (χ0v) is 14.1. The van der Waals surface area contributed by atoms with Crippen molar-refractivity contribution in [2.75, 3.05) is 26.2 Å². The highest BCUT2D eigenvalue weighted by molar-refractivity contribution is 5.30. The number of likely N-dealkylation sites (tertiary alicyclic amines) is 1. The van der Waals surface area contributed by atoms with Crippen molar-refractivity contribution in [3.63, 3.8) is 0 Å². The Morgan fingerprint density at radius 2 is 1.36 bits per heavy atom. The molecule has 1 aliphatic rings. The topological polar surface area (TPSA) is 32.7 Å². The molecule has 3 rings (SSSR count). The zero-order chi connectivity index (χ0) is 17.6. The Morgan fingerprint density at radius 1 is 0.880 bits per heavy atom. The van der Waals surface area contributed by atoms with Gasteiger partial charge in [-0.15, -0.1) is 0 Å². The van der Waals surface area contributed by atoms with Gasteiger partial charge < -0.3 is 14.7 Å². The third-order valence-electron chi connectivity index (χ3n) is 4.47. The Labute approximate surface area is 146 Å². The number of rotatable bonds is 7. The molecule has 3 nitrogen and oxygen atoms in total. The highest BCUT2D eigenvalue weighted by Gasteiger charge is 2.20. The van der Waals surface area contributed by atoms with Crippen molar-refractivity contribution in [3.8, 4) is 0 Å². The van der Waals surface area contributed by atoms with Gasteiger partial charge in [-0.05, 0) is 61.3 Å². The molecule has 1 aliphatic heterocycles. The van der Waals surface area contributed by atoms with Crippen molar-refractivity contribution in [3.05, 3.63) is 71.3 Å². The summed E-state index contributed by atoms with van der Waals surface area (Å²) in [6.07, 6.45) is 1.26. The molecule has 0 unspecified atom stereocenters. The number of benzene rings is 2. The summed E-state index contributed by atoms with van der Waals surface area (Å²) < 4.78 is 32.4. The molecule has 0 saturated carbocycles. The largest absolute Gasteiger partial charge is 0.389 e. The number of nitrogens with zero attached hydrogens (tertiary/aromatic N) is 1. The van der Waals surface area contributed by atoms with Gasteiger partial charge in [-0.25, -0.2) is 8.78 Å². The summed E-state index contributed by atoms with van der Waals surface area (Å²) in [4.78, 5) is 2.22. The van der Waals surface area contributed by atoms with E-state index < -0.39 is 12.2 Å². The Kier molecular flexibility index (Phi) is 6.13. The van der Waals surface area contributed by atoms with E-state index in [0.29, 0.717) is 6.54 Å². The van der Waals surface area contributed by atoms with Crippen LogP contribution in [-0.4, -0.2) is 42.4 Å². The van der Waals surface area contributed by atoms with E-state index in [1.807, 2.05) is 0 Å². The van der Waals surface area contributed by atoms with E-state index in [4.69, 9.17) is 4.74 Å². The highest BCUT2D eigenvalue weighted by atomic mass is 19.1. The summed E-state index contributed by atoms with van der Waals surface area (Å²) in [6, 6.07) is 12.1. The van der Waals surface area contributed by atoms with Crippen molar-refractivity contribution in [2.45, 2.75) is 25.0 Å². The van der Waals surface area contributed by atoms with Gasteiger partial charge in [0.15, 0.2) is 0 Å². The van der Waals surface area contributed by atoms with Crippen molar-refractivity contribution in [1.29, 1.82) is 0 Å². The van der Waals surface area contributed by atoms with Gasteiger partial charge in [0, 0.05) is 6.54 Å². The van der Waals surface area contributed by atoms with Gasteiger partial charge in [-0.2, -0.15) is 0 Å². The van der Waals surface area contributed by atoms with Crippen LogP contribution in [0.5, 0.6) is 0 Å². The third kappa shape index (κ3) is 5.08. The molecule has 0 radical (unpaired) electrons. The fraction of sp³-hybridized carbons (Fsp3) is 0.400. The SMILES string of the molecule is O[C@@H](COC(c1ccc(F)cc1)c1ccc(F)cc1)CN1CCCC1. The number of halogens is 2. The molecule has 25 heavy (non-hydrogen) atoms. The highest BCUT2D eigenvalue weighted by Crippen LogP contribution is 2.27. The molecule has 0 aliphatic carbocycles. The molecule has 5 heteroatoms. The van der Waals surface area contributed by atoms with E-state index in [9.17, 15) is 13.9 Å². The minimum atomic E-state index is -0.596. The molecule has 1 heterocycles. The molecule has 134 valence electrons. The second-order valence-electron chi connectivity index (χ2n) is 6.48. The van der Waals surface area contributed by atoms with Gasteiger partial charge in [0.2, 0.25) is 0 Å². The van der Waals surface area contributed by atoms with Crippen LogP contribution in [0.2, 0.25) is 0 Å². The van der Waals surface area contributed by atoms with E-state index >= 15 is 0 Å². The van der Waals surface area contributed by atoms with Crippen molar-refractivity contribution < 1.29 is 18.6 Å². The van der Waals surface area contributed by atoms with Gasteiger partial charge in [0.1, 0.15) is 17.7 Å².